The van der Waals surface area contributed by atoms with Gasteiger partial charge in [-0.05, 0) is 69.0 Å². The molecule has 5 rings (SSSR count). The van der Waals surface area contributed by atoms with Crippen molar-refractivity contribution in [3.8, 4) is 0 Å². The van der Waals surface area contributed by atoms with Crippen molar-refractivity contribution in [2.75, 3.05) is 31.1 Å². The normalized spacial score (nSPS) is 19.6. The van der Waals surface area contributed by atoms with E-state index in [1.807, 2.05) is 43.1 Å². The zero-order valence-corrected chi connectivity index (χ0v) is 17.6. The summed E-state index contributed by atoms with van der Waals surface area (Å²) in [7, 11) is 0. The lowest BCUT2D eigenvalue weighted by atomic mass is 9.86. The maximum Gasteiger partial charge on any atom is 0.237 e. The highest BCUT2D eigenvalue weighted by Gasteiger charge is 2.43. The molecule has 0 aliphatic carbocycles. The minimum Gasteiger partial charge on any atom is -0.359 e. The smallest absolute Gasteiger partial charge is 0.237 e. The van der Waals surface area contributed by atoms with E-state index in [0.29, 0.717) is 11.4 Å². The van der Waals surface area contributed by atoms with Gasteiger partial charge in [0, 0.05) is 30.4 Å². The summed E-state index contributed by atoms with van der Waals surface area (Å²) >= 11 is 0. The van der Waals surface area contributed by atoms with Crippen molar-refractivity contribution < 1.29 is 9.18 Å². The van der Waals surface area contributed by atoms with Gasteiger partial charge in [0.15, 0.2) is 0 Å². The minimum absolute atomic E-state index is 0.185. The lowest BCUT2D eigenvalue weighted by molar-refractivity contribution is -0.122. The van der Waals surface area contributed by atoms with E-state index in [1.165, 1.54) is 11.6 Å². The third-order valence-corrected chi connectivity index (χ3v) is 7.01. The Morgan fingerprint density at radius 3 is 2.63 bits per heavy atom. The number of carbonyl (C=O) groups is 1. The van der Waals surface area contributed by atoms with Crippen molar-refractivity contribution in [3.63, 3.8) is 0 Å². The molecule has 1 aromatic heterocycles. The van der Waals surface area contributed by atoms with E-state index in [9.17, 15) is 9.18 Å². The summed E-state index contributed by atoms with van der Waals surface area (Å²) in [5.41, 5.74) is 3.58. The number of nitrogens with one attached hydrogen (secondary N) is 1. The Labute approximate surface area is 176 Å². The molecule has 5 heteroatoms. The van der Waals surface area contributed by atoms with E-state index in [-0.39, 0.29) is 11.7 Å². The van der Waals surface area contributed by atoms with Crippen LogP contribution in [0.25, 0.3) is 10.9 Å². The van der Waals surface area contributed by atoms with Crippen LogP contribution < -0.4 is 4.90 Å². The summed E-state index contributed by atoms with van der Waals surface area (Å²) in [6.45, 7) is 7.64. The largest absolute Gasteiger partial charge is 0.359 e. The van der Waals surface area contributed by atoms with Crippen molar-refractivity contribution in [1.29, 1.82) is 0 Å². The number of aromatic amines is 1. The molecule has 2 aliphatic heterocycles. The number of para-hydroxylation sites is 2. The second kappa shape index (κ2) is 7.24. The van der Waals surface area contributed by atoms with Crippen molar-refractivity contribution in [3.05, 3.63) is 65.6 Å². The second-order valence-corrected chi connectivity index (χ2v) is 9.12. The van der Waals surface area contributed by atoms with Crippen LogP contribution in [0.15, 0.2) is 48.7 Å². The first-order chi connectivity index (χ1) is 14.5. The van der Waals surface area contributed by atoms with Crippen LogP contribution in [0.2, 0.25) is 0 Å². The Morgan fingerprint density at radius 1 is 1.07 bits per heavy atom. The number of halogens is 1. The van der Waals surface area contributed by atoms with Crippen molar-refractivity contribution in [2.24, 2.45) is 0 Å². The van der Waals surface area contributed by atoms with E-state index in [4.69, 9.17) is 0 Å². The molecule has 4 nitrogen and oxygen atoms in total. The molecule has 1 fully saturated rings. The number of hydrogen-bond acceptors (Lipinski definition) is 2. The topological polar surface area (TPSA) is 39.3 Å². The average Bonchev–Trinajstić information content (AvgIpc) is 3.27. The Hall–Kier alpha value is -2.66. The van der Waals surface area contributed by atoms with Gasteiger partial charge in [-0.3, -0.25) is 4.79 Å². The van der Waals surface area contributed by atoms with Crippen LogP contribution in [-0.2, 0) is 10.2 Å². The van der Waals surface area contributed by atoms with Crippen LogP contribution in [0.4, 0.5) is 10.1 Å². The molecule has 3 aromatic rings. The molecule has 2 aliphatic rings. The minimum atomic E-state index is -0.450. The number of aromatic nitrogens is 1. The van der Waals surface area contributed by atoms with E-state index < -0.39 is 5.41 Å². The SMILES string of the molecule is CC1(C)C(=O)N(CCN2CCC(c3c[nH]c4c(F)cccc34)CC2)c2ccccc21. The molecule has 156 valence electrons. The van der Waals surface area contributed by atoms with E-state index >= 15 is 0 Å². The molecule has 2 aromatic carbocycles. The maximum atomic E-state index is 14.0. The molecule has 0 bridgehead atoms. The number of fused-ring (bicyclic) bond motifs is 2. The van der Waals surface area contributed by atoms with Crippen LogP contribution >= 0.6 is 0 Å². The maximum absolute atomic E-state index is 14.0. The van der Waals surface area contributed by atoms with Gasteiger partial charge in [0.2, 0.25) is 5.91 Å². The summed E-state index contributed by atoms with van der Waals surface area (Å²) < 4.78 is 14.0. The zero-order valence-electron chi connectivity index (χ0n) is 17.6. The molecule has 3 heterocycles. The van der Waals surface area contributed by atoms with Gasteiger partial charge in [-0.2, -0.15) is 0 Å². The number of anilines is 1. The molecule has 0 unspecified atom stereocenters. The Bertz CT molecular complexity index is 1090. The number of H-pyrrole nitrogens is 1. The number of rotatable bonds is 4. The summed E-state index contributed by atoms with van der Waals surface area (Å²) in [4.78, 5) is 20.5. The molecular formula is C25H28FN3O. The summed E-state index contributed by atoms with van der Waals surface area (Å²) in [5.74, 6) is 0.457. The Balaban J connectivity index is 1.23. The average molecular weight is 406 g/mol. The van der Waals surface area contributed by atoms with E-state index in [1.54, 1.807) is 6.07 Å². The first-order valence-corrected chi connectivity index (χ1v) is 10.9. The molecular weight excluding hydrogens is 377 g/mol. The summed E-state index contributed by atoms with van der Waals surface area (Å²) in [6.07, 6.45) is 4.09. The van der Waals surface area contributed by atoms with Gasteiger partial charge in [0.1, 0.15) is 5.82 Å². The predicted molar refractivity (Wildman–Crippen MR) is 118 cm³/mol. The van der Waals surface area contributed by atoms with Crippen molar-refractivity contribution >= 4 is 22.5 Å². The first kappa shape index (κ1) is 19.3. The third-order valence-electron chi connectivity index (χ3n) is 7.01. The van der Waals surface area contributed by atoms with E-state index in [2.05, 4.69) is 22.0 Å². The molecule has 0 saturated carbocycles. The highest BCUT2D eigenvalue weighted by atomic mass is 19.1. The molecule has 30 heavy (non-hydrogen) atoms. The number of likely N-dealkylation sites (tertiary alicyclic amines) is 1. The van der Waals surface area contributed by atoms with Crippen LogP contribution in [0, 0.1) is 5.82 Å². The second-order valence-electron chi connectivity index (χ2n) is 9.12. The lowest BCUT2D eigenvalue weighted by Gasteiger charge is -2.33. The number of piperidine rings is 1. The summed E-state index contributed by atoms with van der Waals surface area (Å²) in [5, 5.41) is 1.01. The monoisotopic (exact) mass is 405 g/mol. The first-order valence-electron chi connectivity index (χ1n) is 10.9. The van der Waals surface area contributed by atoms with Gasteiger partial charge in [0.25, 0.3) is 0 Å². The van der Waals surface area contributed by atoms with Gasteiger partial charge in [0.05, 0.1) is 10.9 Å². The van der Waals surface area contributed by atoms with Crippen molar-refractivity contribution in [1.82, 2.24) is 9.88 Å². The predicted octanol–water partition coefficient (Wildman–Crippen LogP) is 4.81. The molecule has 0 atom stereocenters. The van der Waals surface area contributed by atoms with Crippen LogP contribution in [-0.4, -0.2) is 42.0 Å². The number of benzene rings is 2. The fourth-order valence-electron chi connectivity index (χ4n) is 5.21. The standard InChI is InChI=1S/C25H28FN3O/c1-25(2)20-7-3-4-9-22(20)29(24(25)30)15-14-28-12-10-17(11-13-28)19-16-27-23-18(19)6-5-8-21(23)26/h3-9,16-17,27H,10-15H2,1-2H3. The van der Waals surface area contributed by atoms with Gasteiger partial charge in [-0.15, -0.1) is 0 Å². The number of carbonyl (C=O) groups excluding carboxylic acids is 1. The molecule has 0 spiro atoms. The van der Waals surface area contributed by atoms with Gasteiger partial charge >= 0.3 is 0 Å². The summed E-state index contributed by atoms with van der Waals surface area (Å²) in [6, 6.07) is 13.5. The molecule has 0 radical (unpaired) electrons. The molecule has 1 N–H and O–H groups in total. The number of amides is 1. The van der Waals surface area contributed by atoms with Gasteiger partial charge in [-0.1, -0.05) is 30.3 Å². The Kier molecular flexibility index (Phi) is 4.66. The quantitative estimate of drug-likeness (QED) is 0.677. The van der Waals surface area contributed by atoms with Gasteiger partial charge < -0.3 is 14.8 Å². The third kappa shape index (κ3) is 3.03. The lowest BCUT2D eigenvalue weighted by Crippen LogP contribution is -2.43. The van der Waals surface area contributed by atoms with Crippen molar-refractivity contribution in [2.45, 2.75) is 38.0 Å². The Morgan fingerprint density at radius 2 is 1.83 bits per heavy atom. The fraction of sp³-hybridized carbons (Fsp3) is 0.400. The fourth-order valence-corrected chi connectivity index (χ4v) is 5.21. The van der Waals surface area contributed by atoms with Crippen LogP contribution in [0.5, 0.6) is 0 Å². The highest BCUT2D eigenvalue weighted by Crippen LogP contribution is 2.41. The zero-order chi connectivity index (χ0) is 20.9. The number of nitrogens with zero attached hydrogens (tertiary/aromatic N) is 2. The molecule has 1 saturated heterocycles. The number of hydrogen-bond donors (Lipinski definition) is 1. The highest BCUT2D eigenvalue weighted by molar-refractivity contribution is 6.07. The van der Waals surface area contributed by atoms with Crippen LogP contribution in [0.3, 0.4) is 0 Å². The van der Waals surface area contributed by atoms with E-state index in [0.717, 1.165) is 55.7 Å². The van der Waals surface area contributed by atoms with Gasteiger partial charge in [-0.25, -0.2) is 4.39 Å². The molecule has 1 amide bonds. The van der Waals surface area contributed by atoms with Crippen LogP contribution in [0.1, 0.15) is 43.7 Å².